The highest BCUT2D eigenvalue weighted by Gasteiger charge is 2.30. The number of nitrogens with one attached hydrogen (secondary N) is 1. The summed E-state index contributed by atoms with van der Waals surface area (Å²) >= 11 is 0. The number of methoxy groups -OCH3 is 1. The Labute approximate surface area is 113 Å². The third kappa shape index (κ3) is 5.68. The molecule has 1 N–H and O–H groups in total. The topological polar surface area (TPSA) is 30.5 Å². The second-order valence-electron chi connectivity index (χ2n) is 6.64. The molecule has 0 aromatic heterocycles. The fraction of sp³-hybridized carbons (Fsp3) is 1.00. The molecular weight excluding hydrogens is 226 g/mol. The first-order chi connectivity index (χ1) is 8.43. The van der Waals surface area contributed by atoms with Crippen LogP contribution in [0.3, 0.4) is 0 Å². The van der Waals surface area contributed by atoms with E-state index in [1.54, 1.807) is 7.11 Å². The van der Waals surface area contributed by atoms with E-state index in [4.69, 9.17) is 9.47 Å². The number of ether oxygens (including phenoxy) is 2. The van der Waals surface area contributed by atoms with Crippen LogP contribution in [-0.2, 0) is 9.47 Å². The lowest BCUT2D eigenvalue weighted by Gasteiger charge is -2.33. The van der Waals surface area contributed by atoms with Gasteiger partial charge in [-0.05, 0) is 44.1 Å². The van der Waals surface area contributed by atoms with Crippen LogP contribution in [0.15, 0.2) is 0 Å². The molecule has 0 aromatic rings. The fourth-order valence-corrected chi connectivity index (χ4v) is 2.57. The van der Waals surface area contributed by atoms with Gasteiger partial charge in [-0.2, -0.15) is 0 Å². The molecule has 0 aromatic carbocycles. The van der Waals surface area contributed by atoms with Crippen LogP contribution in [0.4, 0.5) is 0 Å². The smallest absolute Gasteiger partial charge is 0.0587 e. The van der Waals surface area contributed by atoms with Crippen molar-refractivity contribution in [2.45, 2.75) is 59.2 Å². The molecule has 0 radical (unpaired) electrons. The Kier molecular flexibility index (Phi) is 6.61. The van der Waals surface area contributed by atoms with E-state index in [9.17, 15) is 0 Å². The summed E-state index contributed by atoms with van der Waals surface area (Å²) in [4.78, 5) is 0. The Morgan fingerprint density at radius 1 is 1.33 bits per heavy atom. The molecule has 0 bridgehead atoms. The number of rotatable bonds is 7. The van der Waals surface area contributed by atoms with E-state index in [-0.39, 0.29) is 0 Å². The van der Waals surface area contributed by atoms with Crippen molar-refractivity contribution in [3.05, 3.63) is 0 Å². The maximum atomic E-state index is 5.96. The molecule has 108 valence electrons. The summed E-state index contributed by atoms with van der Waals surface area (Å²) in [5.41, 5.74) is 0.329. The first kappa shape index (κ1) is 15.9. The lowest BCUT2D eigenvalue weighted by atomic mass is 9.77. The highest BCUT2D eigenvalue weighted by Crippen LogP contribution is 2.33. The van der Waals surface area contributed by atoms with Gasteiger partial charge in [-0.25, -0.2) is 0 Å². The molecule has 1 fully saturated rings. The summed E-state index contributed by atoms with van der Waals surface area (Å²) in [5, 5.41) is 3.50. The first-order valence-corrected chi connectivity index (χ1v) is 7.28. The van der Waals surface area contributed by atoms with Gasteiger partial charge in [0.1, 0.15) is 0 Å². The molecule has 18 heavy (non-hydrogen) atoms. The lowest BCUT2D eigenvalue weighted by molar-refractivity contribution is 0.0266. The molecule has 3 nitrogen and oxygen atoms in total. The van der Waals surface area contributed by atoms with Crippen LogP contribution < -0.4 is 5.32 Å². The molecule has 3 unspecified atom stereocenters. The van der Waals surface area contributed by atoms with Gasteiger partial charge in [0.2, 0.25) is 0 Å². The molecule has 1 heterocycles. The van der Waals surface area contributed by atoms with Crippen LogP contribution in [0.25, 0.3) is 0 Å². The van der Waals surface area contributed by atoms with Crippen LogP contribution in [0, 0.1) is 11.3 Å². The van der Waals surface area contributed by atoms with Crippen molar-refractivity contribution in [2.24, 2.45) is 11.3 Å². The summed E-state index contributed by atoms with van der Waals surface area (Å²) in [6.45, 7) is 11.9. The van der Waals surface area contributed by atoms with Gasteiger partial charge in [0.15, 0.2) is 0 Å². The molecule has 3 heteroatoms. The predicted octanol–water partition coefficient (Wildman–Crippen LogP) is 2.84. The minimum Gasteiger partial charge on any atom is -0.383 e. The van der Waals surface area contributed by atoms with Gasteiger partial charge in [-0.1, -0.05) is 20.8 Å². The van der Waals surface area contributed by atoms with Gasteiger partial charge in [0.25, 0.3) is 0 Å². The summed E-state index contributed by atoms with van der Waals surface area (Å²) in [6.07, 6.45) is 4.55. The third-order valence-corrected chi connectivity index (χ3v) is 3.97. The normalized spacial score (nSPS) is 26.5. The zero-order valence-corrected chi connectivity index (χ0v) is 12.8. The van der Waals surface area contributed by atoms with Crippen molar-refractivity contribution in [3.8, 4) is 0 Å². The number of hydrogen-bond acceptors (Lipinski definition) is 3. The quantitative estimate of drug-likeness (QED) is 0.711. The van der Waals surface area contributed by atoms with Crippen molar-refractivity contribution >= 4 is 0 Å². The van der Waals surface area contributed by atoms with Crippen LogP contribution >= 0.6 is 0 Å². The van der Waals surface area contributed by atoms with E-state index < -0.39 is 0 Å². The number of hydrogen-bond donors (Lipinski definition) is 1. The minimum atomic E-state index is 0.329. The van der Waals surface area contributed by atoms with Gasteiger partial charge in [0.05, 0.1) is 18.8 Å². The minimum absolute atomic E-state index is 0.329. The Hall–Kier alpha value is -0.120. The van der Waals surface area contributed by atoms with E-state index in [0.29, 0.717) is 23.5 Å². The van der Waals surface area contributed by atoms with Crippen molar-refractivity contribution in [1.29, 1.82) is 0 Å². The van der Waals surface area contributed by atoms with E-state index in [1.807, 2.05) is 0 Å². The van der Waals surface area contributed by atoms with Crippen molar-refractivity contribution < 1.29 is 9.47 Å². The maximum absolute atomic E-state index is 5.96. The van der Waals surface area contributed by atoms with Crippen LogP contribution in [-0.4, -0.2) is 39.0 Å². The Bertz CT molecular complexity index is 225. The van der Waals surface area contributed by atoms with Gasteiger partial charge < -0.3 is 14.8 Å². The molecule has 1 rings (SSSR count). The van der Waals surface area contributed by atoms with E-state index >= 15 is 0 Å². The second-order valence-corrected chi connectivity index (χ2v) is 6.64. The van der Waals surface area contributed by atoms with Gasteiger partial charge in [-0.3, -0.25) is 0 Å². The third-order valence-electron chi connectivity index (χ3n) is 3.97. The van der Waals surface area contributed by atoms with Crippen molar-refractivity contribution in [3.63, 3.8) is 0 Å². The Morgan fingerprint density at radius 2 is 2.06 bits per heavy atom. The van der Waals surface area contributed by atoms with Crippen LogP contribution in [0.2, 0.25) is 0 Å². The van der Waals surface area contributed by atoms with Gasteiger partial charge >= 0.3 is 0 Å². The first-order valence-electron chi connectivity index (χ1n) is 7.28. The maximum Gasteiger partial charge on any atom is 0.0587 e. The summed E-state index contributed by atoms with van der Waals surface area (Å²) in [5.74, 6) is 0.657. The van der Waals surface area contributed by atoms with E-state index in [1.165, 1.54) is 19.3 Å². The zero-order chi connectivity index (χ0) is 13.6. The summed E-state index contributed by atoms with van der Waals surface area (Å²) in [7, 11) is 1.75. The molecule has 0 spiro atoms. The average Bonchev–Trinajstić information content (AvgIpc) is 2.67. The predicted molar refractivity (Wildman–Crippen MR) is 75.9 cm³/mol. The second kappa shape index (κ2) is 7.46. The van der Waals surface area contributed by atoms with Crippen LogP contribution in [0.5, 0.6) is 0 Å². The Balaban J connectivity index is 2.36. The fourth-order valence-electron chi connectivity index (χ4n) is 2.57. The molecular formula is C15H31NO2. The summed E-state index contributed by atoms with van der Waals surface area (Å²) in [6, 6.07) is 0. The average molecular weight is 257 g/mol. The van der Waals surface area contributed by atoms with Crippen molar-refractivity contribution in [1.82, 2.24) is 5.32 Å². The summed E-state index contributed by atoms with van der Waals surface area (Å²) < 4.78 is 11.0. The molecule has 1 aliphatic heterocycles. The van der Waals surface area contributed by atoms with Crippen LogP contribution in [0.1, 0.15) is 47.0 Å². The highest BCUT2D eigenvalue weighted by atomic mass is 16.5. The van der Waals surface area contributed by atoms with E-state index in [0.717, 1.165) is 19.7 Å². The SMILES string of the molecule is COCCNCC(CC1CCC(C)O1)C(C)(C)C. The molecule has 1 aliphatic rings. The zero-order valence-electron chi connectivity index (χ0n) is 12.8. The largest absolute Gasteiger partial charge is 0.383 e. The Morgan fingerprint density at radius 3 is 2.56 bits per heavy atom. The molecule has 1 saturated heterocycles. The monoisotopic (exact) mass is 257 g/mol. The molecule has 0 aliphatic carbocycles. The molecule has 0 saturated carbocycles. The van der Waals surface area contributed by atoms with Crippen molar-refractivity contribution in [2.75, 3.05) is 26.8 Å². The lowest BCUT2D eigenvalue weighted by Crippen LogP contribution is -2.35. The molecule has 0 amide bonds. The molecule has 3 atom stereocenters. The van der Waals surface area contributed by atoms with Gasteiger partial charge in [0, 0.05) is 13.7 Å². The standard InChI is InChI=1S/C15H31NO2/c1-12-6-7-14(18-12)10-13(15(2,3)4)11-16-8-9-17-5/h12-14,16H,6-11H2,1-5H3. The van der Waals surface area contributed by atoms with Gasteiger partial charge in [-0.15, -0.1) is 0 Å². The van der Waals surface area contributed by atoms with E-state index in [2.05, 4.69) is 33.0 Å². The highest BCUT2D eigenvalue weighted by molar-refractivity contribution is 4.81.